The van der Waals surface area contributed by atoms with Crippen LogP contribution in [-0.2, 0) is 16.4 Å². The van der Waals surface area contributed by atoms with E-state index in [0.717, 1.165) is 22.6 Å². The molecule has 1 aliphatic heterocycles. The van der Waals surface area contributed by atoms with Crippen LogP contribution in [0.5, 0.6) is 0 Å². The normalized spacial score (nSPS) is 19.8. The lowest BCUT2D eigenvalue weighted by atomic mass is 10.1. The van der Waals surface area contributed by atoms with Crippen molar-refractivity contribution < 1.29 is 13.5 Å². The van der Waals surface area contributed by atoms with E-state index < -0.39 is 15.2 Å². The van der Waals surface area contributed by atoms with E-state index in [1.807, 2.05) is 24.8 Å². The number of aliphatic hydroxyl groups is 1. The summed E-state index contributed by atoms with van der Waals surface area (Å²) < 4.78 is 24.7. The summed E-state index contributed by atoms with van der Waals surface area (Å²) in [5.74, 6) is 2.16. The third-order valence-corrected chi connectivity index (χ3v) is 7.07. The van der Waals surface area contributed by atoms with E-state index in [0.29, 0.717) is 18.1 Å². The molecule has 1 aromatic heterocycles. The Bertz CT molecular complexity index is 617. The van der Waals surface area contributed by atoms with Crippen LogP contribution in [0, 0.1) is 13.8 Å². The average molecular weight is 330 g/mol. The molecular formula is C14H22N2O3S2. The van der Waals surface area contributed by atoms with Crippen molar-refractivity contribution in [1.82, 2.24) is 4.98 Å². The fourth-order valence-corrected chi connectivity index (χ4v) is 5.56. The Labute approximate surface area is 130 Å². The van der Waals surface area contributed by atoms with Gasteiger partial charge in [0.25, 0.3) is 0 Å². The number of aryl methyl sites for hydroxylation is 2. The largest absolute Gasteiger partial charge is 0.392 e. The molecule has 1 aromatic rings. The van der Waals surface area contributed by atoms with Gasteiger partial charge in [0.2, 0.25) is 0 Å². The molecule has 5 nitrogen and oxygen atoms in total. The molecule has 0 saturated carbocycles. The maximum atomic E-state index is 12.4. The van der Waals surface area contributed by atoms with E-state index >= 15 is 0 Å². The minimum absolute atomic E-state index is 0.119. The summed E-state index contributed by atoms with van der Waals surface area (Å²) in [5, 5.41) is 9.09. The minimum atomic E-state index is -3.19. The Morgan fingerprint density at radius 2 is 2.19 bits per heavy atom. The number of anilines is 1. The molecule has 0 radical (unpaired) electrons. The highest BCUT2D eigenvalue weighted by atomic mass is 32.2. The maximum Gasteiger partial charge on any atom is 0.171 e. The van der Waals surface area contributed by atoms with Gasteiger partial charge in [-0.15, -0.1) is 0 Å². The molecule has 1 N–H and O–H groups in total. The fourth-order valence-electron chi connectivity index (χ4n) is 2.59. The number of hydrogen-bond donors (Lipinski definition) is 1. The Balaban J connectivity index is 2.52. The quantitative estimate of drug-likeness (QED) is 0.902. The lowest BCUT2D eigenvalue weighted by Gasteiger charge is -2.37. The SMILES string of the molecule is CCS(=O)(=O)C1CSCCN1c1nc(C)cc(C)c1CO. The van der Waals surface area contributed by atoms with E-state index in [1.165, 1.54) is 0 Å². The standard InChI is InChI=1S/C14H22N2O3S2/c1-4-21(18,19)13-9-20-6-5-16(13)14-12(8-17)10(2)7-11(3)15-14/h7,13,17H,4-6,8-9H2,1-3H3. The summed E-state index contributed by atoms with van der Waals surface area (Å²) in [4.78, 5) is 6.38. The molecule has 1 fully saturated rings. The van der Waals surface area contributed by atoms with Crippen LogP contribution in [0.15, 0.2) is 6.07 Å². The van der Waals surface area contributed by atoms with Gasteiger partial charge in [-0.3, -0.25) is 0 Å². The van der Waals surface area contributed by atoms with Gasteiger partial charge in [0.15, 0.2) is 9.84 Å². The Morgan fingerprint density at radius 3 is 2.81 bits per heavy atom. The molecule has 2 rings (SSSR count). The van der Waals surface area contributed by atoms with Gasteiger partial charge < -0.3 is 10.0 Å². The fraction of sp³-hybridized carbons (Fsp3) is 0.643. The van der Waals surface area contributed by atoms with E-state index in [9.17, 15) is 13.5 Å². The maximum absolute atomic E-state index is 12.4. The van der Waals surface area contributed by atoms with Crippen LogP contribution in [0.2, 0.25) is 0 Å². The van der Waals surface area contributed by atoms with Gasteiger partial charge in [-0.1, -0.05) is 6.92 Å². The smallest absolute Gasteiger partial charge is 0.171 e. The molecule has 1 unspecified atom stereocenters. The van der Waals surface area contributed by atoms with Crippen LogP contribution >= 0.6 is 11.8 Å². The lowest BCUT2D eigenvalue weighted by Crippen LogP contribution is -2.48. The Hall–Kier alpha value is -0.790. The lowest BCUT2D eigenvalue weighted by molar-refractivity contribution is 0.280. The van der Waals surface area contributed by atoms with Crippen LogP contribution in [0.25, 0.3) is 0 Å². The van der Waals surface area contributed by atoms with Crippen molar-refractivity contribution in [3.63, 3.8) is 0 Å². The molecule has 1 atom stereocenters. The second-order valence-corrected chi connectivity index (χ2v) is 8.81. The second-order valence-electron chi connectivity index (χ2n) is 5.22. The van der Waals surface area contributed by atoms with Gasteiger partial charge in [0.1, 0.15) is 11.2 Å². The van der Waals surface area contributed by atoms with Crippen LogP contribution in [0.1, 0.15) is 23.7 Å². The van der Waals surface area contributed by atoms with Crippen LogP contribution in [0.3, 0.4) is 0 Å². The van der Waals surface area contributed by atoms with Crippen molar-refractivity contribution in [2.24, 2.45) is 0 Å². The zero-order chi connectivity index (χ0) is 15.6. The van der Waals surface area contributed by atoms with Crippen molar-refractivity contribution in [2.75, 3.05) is 28.7 Å². The summed E-state index contributed by atoms with van der Waals surface area (Å²) in [6, 6.07) is 1.91. The third kappa shape index (κ3) is 3.35. The topological polar surface area (TPSA) is 70.5 Å². The van der Waals surface area contributed by atoms with E-state index in [2.05, 4.69) is 4.98 Å². The van der Waals surface area contributed by atoms with E-state index in [1.54, 1.807) is 18.7 Å². The number of rotatable bonds is 4. The number of hydrogen-bond acceptors (Lipinski definition) is 6. The van der Waals surface area contributed by atoms with Crippen molar-refractivity contribution >= 4 is 27.4 Å². The number of sulfone groups is 1. The zero-order valence-electron chi connectivity index (χ0n) is 12.7. The predicted octanol–water partition coefficient (Wildman–Crippen LogP) is 1.50. The molecule has 0 aliphatic carbocycles. The molecule has 21 heavy (non-hydrogen) atoms. The average Bonchev–Trinajstić information content (AvgIpc) is 2.46. The van der Waals surface area contributed by atoms with Crippen LogP contribution in [0.4, 0.5) is 5.82 Å². The number of aromatic nitrogens is 1. The van der Waals surface area contributed by atoms with Crippen molar-refractivity contribution in [2.45, 2.75) is 32.8 Å². The van der Waals surface area contributed by atoms with Gasteiger partial charge >= 0.3 is 0 Å². The van der Waals surface area contributed by atoms with Gasteiger partial charge in [-0.05, 0) is 25.5 Å². The predicted molar refractivity (Wildman–Crippen MR) is 87.6 cm³/mol. The highest BCUT2D eigenvalue weighted by Crippen LogP contribution is 2.30. The zero-order valence-corrected chi connectivity index (χ0v) is 14.3. The molecule has 0 amide bonds. The molecule has 1 saturated heterocycles. The highest BCUT2D eigenvalue weighted by molar-refractivity contribution is 8.01. The van der Waals surface area contributed by atoms with Gasteiger partial charge in [0, 0.05) is 35.1 Å². The van der Waals surface area contributed by atoms with E-state index in [-0.39, 0.29) is 12.4 Å². The summed E-state index contributed by atoms with van der Waals surface area (Å²) in [5.41, 5.74) is 2.51. The molecular weight excluding hydrogens is 308 g/mol. The van der Waals surface area contributed by atoms with Crippen molar-refractivity contribution in [3.8, 4) is 0 Å². The molecule has 0 bridgehead atoms. The van der Waals surface area contributed by atoms with Crippen LogP contribution in [-0.4, -0.2) is 47.7 Å². The number of nitrogens with zero attached hydrogens (tertiary/aromatic N) is 2. The monoisotopic (exact) mass is 330 g/mol. The number of thioether (sulfide) groups is 1. The molecule has 0 aromatic carbocycles. The molecule has 2 heterocycles. The molecule has 0 spiro atoms. The molecule has 118 valence electrons. The first kappa shape index (κ1) is 16.6. The van der Waals surface area contributed by atoms with Crippen molar-refractivity contribution in [1.29, 1.82) is 0 Å². The summed E-state index contributed by atoms with van der Waals surface area (Å²) >= 11 is 1.65. The highest BCUT2D eigenvalue weighted by Gasteiger charge is 2.34. The minimum Gasteiger partial charge on any atom is -0.392 e. The van der Waals surface area contributed by atoms with Gasteiger partial charge in [-0.2, -0.15) is 11.8 Å². The summed E-state index contributed by atoms with van der Waals surface area (Å²) in [6.07, 6.45) is 0. The van der Waals surface area contributed by atoms with Gasteiger partial charge in [-0.25, -0.2) is 13.4 Å². The number of aliphatic hydroxyl groups excluding tert-OH is 1. The van der Waals surface area contributed by atoms with E-state index in [4.69, 9.17) is 0 Å². The first-order valence-electron chi connectivity index (χ1n) is 7.04. The van der Waals surface area contributed by atoms with Crippen LogP contribution < -0.4 is 4.90 Å². The molecule has 7 heteroatoms. The van der Waals surface area contributed by atoms with Gasteiger partial charge in [0.05, 0.1) is 6.61 Å². The number of pyridine rings is 1. The first-order valence-corrected chi connectivity index (χ1v) is 9.91. The second kappa shape index (κ2) is 6.54. The third-order valence-electron chi connectivity index (χ3n) is 3.79. The Kier molecular flexibility index (Phi) is 5.16. The molecule has 1 aliphatic rings. The van der Waals surface area contributed by atoms with Crippen molar-refractivity contribution in [3.05, 3.63) is 22.9 Å². The summed E-state index contributed by atoms with van der Waals surface area (Å²) in [6.45, 7) is 5.99. The summed E-state index contributed by atoms with van der Waals surface area (Å²) in [7, 11) is -3.19. The Morgan fingerprint density at radius 1 is 1.48 bits per heavy atom. The first-order chi connectivity index (χ1) is 9.90.